The van der Waals surface area contributed by atoms with Gasteiger partial charge in [-0.2, -0.15) is 13.2 Å². The van der Waals surface area contributed by atoms with Gasteiger partial charge >= 0.3 is 6.18 Å². The minimum atomic E-state index is -4.77. The number of sulfonamides is 1. The Kier molecular flexibility index (Phi) is 11.1. The zero-order valence-corrected chi connectivity index (χ0v) is 24.0. The van der Waals surface area contributed by atoms with Crippen LogP contribution in [0.1, 0.15) is 44.7 Å². The van der Waals surface area contributed by atoms with Gasteiger partial charge in [0.2, 0.25) is 21.8 Å². The molecule has 0 radical (unpaired) electrons. The van der Waals surface area contributed by atoms with Crippen LogP contribution in [0.2, 0.25) is 5.02 Å². The molecule has 0 unspecified atom stereocenters. The normalized spacial score (nSPS) is 13.4. The number of benzene rings is 2. The molecular formula is C26H33ClF3N3O5S. The van der Waals surface area contributed by atoms with E-state index in [1.54, 1.807) is 38.1 Å². The van der Waals surface area contributed by atoms with Crippen molar-refractivity contribution in [1.82, 2.24) is 10.2 Å². The van der Waals surface area contributed by atoms with Gasteiger partial charge < -0.3 is 15.0 Å². The second-order valence-electron chi connectivity index (χ2n) is 9.05. The van der Waals surface area contributed by atoms with Gasteiger partial charge in [-0.05, 0) is 55.7 Å². The van der Waals surface area contributed by atoms with Crippen molar-refractivity contribution in [2.75, 3.05) is 24.2 Å². The van der Waals surface area contributed by atoms with E-state index in [-0.39, 0.29) is 24.0 Å². The maximum absolute atomic E-state index is 13.7. The molecule has 2 rings (SSSR count). The summed E-state index contributed by atoms with van der Waals surface area (Å²) in [5.74, 6) is -0.659. The van der Waals surface area contributed by atoms with Gasteiger partial charge in [0.05, 0.1) is 29.6 Å². The molecule has 2 atom stereocenters. The quantitative estimate of drug-likeness (QED) is 0.380. The maximum atomic E-state index is 13.7. The number of anilines is 1. The number of carbonyl (C=O) groups is 2. The van der Waals surface area contributed by atoms with Gasteiger partial charge in [0.25, 0.3) is 0 Å². The molecule has 0 fully saturated rings. The summed E-state index contributed by atoms with van der Waals surface area (Å²) in [6.45, 7) is 4.45. The fraction of sp³-hybridized carbons (Fsp3) is 0.462. The lowest BCUT2D eigenvalue weighted by molar-refractivity contribution is -0.140. The van der Waals surface area contributed by atoms with E-state index in [0.29, 0.717) is 28.1 Å². The molecule has 0 aromatic heterocycles. The largest absolute Gasteiger partial charge is 0.497 e. The smallest absolute Gasteiger partial charge is 0.416 e. The molecule has 39 heavy (non-hydrogen) atoms. The Labute approximate surface area is 232 Å². The molecule has 216 valence electrons. The lowest BCUT2D eigenvalue weighted by atomic mass is 10.1. The van der Waals surface area contributed by atoms with Gasteiger partial charge in [-0.25, -0.2) is 8.42 Å². The highest BCUT2D eigenvalue weighted by molar-refractivity contribution is 7.92. The third-order valence-corrected chi connectivity index (χ3v) is 7.57. The Hall–Kier alpha value is -2.99. The molecule has 0 bridgehead atoms. The van der Waals surface area contributed by atoms with Crippen molar-refractivity contribution < 1.29 is 35.9 Å². The van der Waals surface area contributed by atoms with Crippen LogP contribution in [0.25, 0.3) is 0 Å². The van der Waals surface area contributed by atoms with Crippen LogP contribution < -0.4 is 14.4 Å². The van der Waals surface area contributed by atoms with Crippen molar-refractivity contribution in [2.24, 2.45) is 0 Å². The summed E-state index contributed by atoms with van der Waals surface area (Å²) < 4.78 is 71.2. The van der Waals surface area contributed by atoms with E-state index in [0.717, 1.165) is 18.4 Å². The monoisotopic (exact) mass is 591 g/mol. The molecule has 1 N–H and O–H groups in total. The molecule has 0 heterocycles. The number of hydrogen-bond donors (Lipinski definition) is 1. The molecule has 2 amide bonds. The summed E-state index contributed by atoms with van der Waals surface area (Å²) in [6.07, 6.45) is -3.16. The van der Waals surface area contributed by atoms with Gasteiger partial charge in [-0.15, -0.1) is 0 Å². The minimum Gasteiger partial charge on any atom is -0.497 e. The van der Waals surface area contributed by atoms with Crippen LogP contribution in [0.15, 0.2) is 42.5 Å². The van der Waals surface area contributed by atoms with Crippen molar-refractivity contribution in [3.8, 4) is 5.75 Å². The molecule has 0 aliphatic heterocycles. The molecule has 2 aromatic rings. The average Bonchev–Trinajstić information content (AvgIpc) is 2.86. The number of methoxy groups -OCH3 is 1. The number of nitrogens with one attached hydrogen (secondary N) is 1. The number of rotatable bonds is 12. The lowest BCUT2D eigenvalue weighted by Crippen LogP contribution is -2.53. The van der Waals surface area contributed by atoms with E-state index in [1.807, 2.05) is 6.92 Å². The van der Waals surface area contributed by atoms with Crippen molar-refractivity contribution >= 4 is 39.1 Å². The maximum Gasteiger partial charge on any atom is 0.416 e. The van der Waals surface area contributed by atoms with E-state index >= 15 is 0 Å². The Bertz CT molecular complexity index is 1260. The summed E-state index contributed by atoms with van der Waals surface area (Å²) in [6, 6.07) is 7.78. The molecule has 0 saturated heterocycles. The number of amides is 2. The first-order valence-corrected chi connectivity index (χ1v) is 14.4. The Morgan fingerprint density at radius 3 is 2.18 bits per heavy atom. The van der Waals surface area contributed by atoms with E-state index in [2.05, 4.69) is 5.32 Å². The molecule has 0 aliphatic carbocycles. The van der Waals surface area contributed by atoms with Gasteiger partial charge in [-0.3, -0.25) is 13.9 Å². The highest BCUT2D eigenvalue weighted by Gasteiger charge is 2.35. The fourth-order valence-electron chi connectivity index (χ4n) is 3.76. The third-order valence-electron chi connectivity index (χ3n) is 6.12. The summed E-state index contributed by atoms with van der Waals surface area (Å²) >= 11 is 6.11. The van der Waals surface area contributed by atoms with E-state index in [9.17, 15) is 31.2 Å². The Balaban J connectivity index is 2.54. The number of nitrogens with zero attached hydrogens (tertiary/aromatic N) is 2. The Morgan fingerprint density at radius 2 is 1.69 bits per heavy atom. The summed E-state index contributed by atoms with van der Waals surface area (Å²) in [4.78, 5) is 28.1. The highest BCUT2D eigenvalue weighted by atomic mass is 35.5. The summed E-state index contributed by atoms with van der Waals surface area (Å²) in [7, 11) is -2.78. The minimum absolute atomic E-state index is 0.0663. The second-order valence-corrected chi connectivity index (χ2v) is 11.4. The number of carbonyl (C=O) groups excluding carboxylic acids is 2. The number of hydrogen-bond acceptors (Lipinski definition) is 5. The zero-order chi connectivity index (χ0) is 29.5. The molecule has 13 heteroatoms. The number of ether oxygens (including phenoxy) is 1. The van der Waals surface area contributed by atoms with Gasteiger partial charge in [0, 0.05) is 12.6 Å². The first-order chi connectivity index (χ1) is 18.1. The van der Waals surface area contributed by atoms with E-state index in [4.69, 9.17) is 16.3 Å². The van der Waals surface area contributed by atoms with Crippen molar-refractivity contribution in [3.63, 3.8) is 0 Å². The molecular weight excluding hydrogens is 559 g/mol. The van der Waals surface area contributed by atoms with Crippen LogP contribution >= 0.6 is 11.6 Å². The molecule has 0 aliphatic rings. The Morgan fingerprint density at radius 1 is 1.08 bits per heavy atom. The van der Waals surface area contributed by atoms with Crippen molar-refractivity contribution in [3.05, 3.63) is 58.6 Å². The summed E-state index contributed by atoms with van der Waals surface area (Å²) in [5, 5.41) is 2.55. The second kappa shape index (κ2) is 13.4. The van der Waals surface area contributed by atoms with Crippen LogP contribution in [0.5, 0.6) is 5.75 Å². The standard InChI is InChI=1S/C26H33ClF3N3O5S/c1-6-17(3)31-25(35)22(7-2)32(15-18-8-11-20(38-4)12-9-18)24(34)16-33(39(5,36)37)23-14-19(26(28,29)30)10-13-21(23)27/h8-14,17,22H,6-7,15-16H2,1-5H3,(H,31,35)/t17-,22+/m1/s1. The van der Waals surface area contributed by atoms with Gasteiger partial charge in [0.15, 0.2) is 0 Å². The highest BCUT2D eigenvalue weighted by Crippen LogP contribution is 2.36. The molecule has 0 saturated carbocycles. The molecule has 8 nitrogen and oxygen atoms in total. The van der Waals surface area contributed by atoms with Crippen molar-refractivity contribution in [2.45, 2.75) is 58.4 Å². The van der Waals surface area contributed by atoms with Crippen molar-refractivity contribution in [1.29, 1.82) is 0 Å². The van der Waals surface area contributed by atoms with Gasteiger partial charge in [0.1, 0.15) is 18.3 Å². The van der Waals surface area contributed by atoms with Crippen LogP contribution in [0.4, 0.5) is 18.9 Å². The topological polar surface area (TPSA) is 96.0 Å². The first kappa shape index (κ1) is 32.2. The number of alkyl halides is 3. The predicted molar refractivity (Wildman–Crippen MR) is 144 cm³/mol. The number of halogens is 4. The zero-order valence-electron chi connectivity index (χ0n) is 22.4. The van der Waals surface area contributed by atoms with Gasteiger partial charge in [-0.1, -0.05) is 37.6 Å². The lowest BCUT2D eigenvalue weighted by Gasteiger charge is -2.33. The predicted octanol–water partition coefficient (Wildman–Crippen LogP) is 4.86. The van der Waals surface area contributed by atoms with Crippen LogP contribution in [-0.2, 0) is 32.3 Å². The van der Waals surface area contributed by atoms with E-state index in [1.165, 1.54) is 12.0 Å². The van der Waals surface area contributed by atoms with Crippen LogP contribution in [0.3, 0.4) is 0 Å². The third kappa shape index (κ3) is 8.76. The van der Waals surface area contributed by atoms with E-state index < -0.39 is 51.9 Å². The molecule has 0 spiro atoms. The van der Waals surface area contributed by atoms with Crippen LogP contribution in [0, 0.1) is 0 Å². The van der Waals surface area contributed by atoms with Crippen LogP contribution in [-0.4, -0.2) is 57.1 Å². The first-order valence-electron chi connectivity index (χ1n) is 12.2. The summed E-state index contributed by atoms with van der Waals surface area (Å²) in [5.41, 5.74) is -0.997. The molecule has 2 aromatic carbocycles. The SMILES string of the molecule is CC[C@@H](C)NC(=O)[C@H](CC)N(Cc1ccc(OC)cc1)C(=O)CN(c1cc(C(F)(F)F)ccc1Cl)S(C)(=O)=O. The fourth-order valence-corrected chi connectivity index (χ4v) is 4.89. The average molecular weight is 592 g/mol.